The number of methoxy groups -OCH3 is 1. The molecule has 35 heavy (non-hydrogen) atoms. The number of rotatable bonds is 7. The summed E-state index contributed by atoms with van der Waals surface area (Å²) in [4.78, 5) is 33.4. The molecule has 1 heterocycles. The van der Waals surface area contributed by atoms with E-state index < -0.39 is 11.7 Å². The fourth-order valence-electron chi connectivity index (χ4n) is 3.62. The zero-order valence-electron chi connectivity index (χ0n) is 19.5. The van der Waals surface area contributed by atoms with Crippen LogP contribution < -0.4 is 16.0 Å². The molecule has 0 saturated carbocycles. The minimum absolute atomic E-state index is 0.0470. The van der Waals surface area contributed by atoms with E-state index in [1.807, 2.05) is 31.2 Å². The van der Waals surface area contributed by atoms with Gasteiger partial charge in [0.2, 0.25) is 11.9 Å². The monoisotopic (exact) mass is 473 g/mol. The molecule has 0 fully saturated rings. The van der Waals surface area contributed by atoms with Gasteiger partial charge in [0.05, 0.1) is 11.2 Å². The number of fused-ring (bicyclic) bond motifs is 1. The summed E-state index contributed by atoms with van der Waals surface area (Å²) < 4.78 is 18.8. The molecule has 0 atom stereocenters. The van der Waals surface area contributed by atoms with Gasteiger partial charge in [-0.1, -0.05) is 12.1 Å². The molecule has 0 radical (unpaired) electrons. The number of aromatic nitrogens is 2. The molecule has 1 aromatic heterocycles. The van der Waals surface area contributed by atoms with E-state index in [9.17, 15) is 14.0 Å². The Balaban J connectivity index is 1.59. The Morgan fingerprint density at radius 2 is 1.86 bits per heavy atom. The zero-order chi connectivity index (χ0) is 24.9. The van der Waals surface area contributed by atoms with Crippen molar-refractivity contribution in [3.05, 3.63) is 77.7 Å². The van der Waals surface area contributed by atoms with Crippen molar-refractivity contribution in [2.75, 3.05) is 36.7 Å². The van der Waals surface area contributed by atoms with Crippen LogP contribution in [0.1, 0.15) is 15.9 Å². The molecular formula is C26H24FN5O3. The van der Waals surface area contributed by atoms with E-state index in [1.54, 1.807) is 25.4 Å². The molecule has 8 nitrogen and oxygen atoms in total. The number of carbonyl (C=O) groups excluding carboxylic acids is 2. The van der Waals surface area contributed by atoms with Crippen molar-refractivity contribution in [3.63, 3.8) is 0 Å². The van der Waals surface area contributed by atoms with Crippen LogP contribution in [0.2, 0.25) is 0 Å². The van der Waals surface area contributed by atoms with E-state index in [2.05, 4.69) is 25.9 Å². The van der Waals surface area contributed by atoms with Crippen molar-refractivity contribution < 1.29 is 18.7 Å². The molecule has 0 saturated heterocycles. The summed E-state index contributed by atoms with van der Waals surface area (Å²) >= 11 is 0. The summed E-state index contributed by atoms with van der Waals surface area (Å²) in [7, 11) is 3.13. The third kappa shape index (κ3) is 5.42. The van der Waals surface area contributed by atoms with Gasteiger partial charge in [0.1, 0.15) is 12.4 Å². The third-order valence-electron chi connectivity index (χ3n) is 5.39. The van der Waals surface area contributed by atoms with Crippen LogP contribution in [-0.2, 0) is 9.53 Å². The number of nitrogens with zero attached hydrogens (tertiary/aromatic N) is 2. The first-order chi connectivity index (χ1) is 16.9. The van der Waals surface area contributed by atoms with Crippen LogP contribution in [0, 0.1) is 12.7 Å². The average Bonchev–Trinajstić information content (AvgIpc) is 2.85. The van der Waals surface area contributed by atoms with Crippen LogP contribution in [0.3, 0.4) is 0 Å². The lowest BCUT2D eigenvalue weighted by molar-refractivity contribution is -0.119. The van der Waals surface area contributed by atoms with Gasteiger partial charge in [-0.3, -0.25) is 9.59 Å². The SMILES string of the molecule is CNc1ncc2cc(-c3cc(C(=O)Nc4ccc(F)c(NC(=O)COC)c4)ccc3C)ccc2n1. The Labute approximate surface area is 201 Å². The molecule has 4 rings (SSSR count). The second-order valence-corrected chi connectivity index (χ2v) is 7.88. The van der Waals surface area contributed by atoms with Crippen molar-refractivity contribution in [1.82, 2.24) is 9.97 Å². The molecule has 3 aromatic carbocycles. The normalized spacial score (nSPS) is 10.7. The minimum Gasteiger partial charge on any atom is -0.375 e. The van der Waals surface area contributed by atoms with Crippen LogP contribution in [0.4, 0.5) is 21.7 Å². The first kappa shape index (κ1) is 23.8. The number of nitrogens with one attached hydrogen (secondary N) is 3. The molecule has 0 aliphatic heterocycles. The number of ether oxygens (including phenoxy) is 1. The number of hydrogen-bond donors (Lipinski definition) is 3. The first-order valence-electron chi connectivity index (χ1n) is 10.8. The third-order valence-corrected chi connectivity index (χ3v) is 5.39. The highest BCUT2D eigenvalue weighted by Crippen LogP contribution is 2.28. The highest BCUT2D eigenvalue weighted by molar-refractivity contribution is 6.05. The highest BCUT2D eigenvalue weighted by Gasteiger charge is 2.13. The van der Waals surface area contributed by atoms with Gasteiger partial charge >= 0.3 is 0 Å². The topological polar surface area (TPSA) is 105 Å². The second kappa shape index (κ2) is 10.3. The zero-order valence-corrected chi connectivity index (χ0v) is 19.5. The molecule has 178 valence electrons. The van der Waals surface area contributed by atoms with Crippen LogP contribution in [0.5, 0.6) is 0 Å². The quantitative estimate of drug-likeness (QED) is 0.362. The van der Waals surface area contributed by atoms with E-state index in [1.165, 1.54) is 25.3 Å². The van der Waals surface area contributed by atoms with Crippen LogP contribution >= 0.6 is 0 Å². The van der Waals surface area contributed by atoms with Gasteiger partial charge in [-0.15, -0.1) is 0 Å². The van der Waals surface area contributed by atoms with E-state index in [-0.39, 0.29) is 18.2 Å². The maximum atomic E-state index is 14.1. The molecule has 0 aliphatic rings. The predicted octanol–water partition coefficient (Wildman–Crippen LogP) is 4.62. The lowest BCUT2D eigenvalue weighted by Crippen LogP contribution is -2.18. The molecule has 0 aliphatic carbocycles. The Bertz CT molecular complexity index is 1420. The van der Waals surface area contributed by atoms with Crippen molar-refractivity contribution in [3.8, 4) is 11.1 Å². The van der Waals surface area contributed by atoms with Gasteiger partial charge in [0, 0.05) is 37.0 Å². The van der Waals surface area contributed by atoms with Crippen LogP contribution in [-0.4, -0.2) is 42.5 Å². The first-order valence-corrected chi connectivity index (χ1v) is 10.8. The molecule has 4 aromatic rings. The van der Waals surface area contributed by atoms with Gasteiger partial charge in [-0.05, 0) is 66.1 Å². The summed E-state index contributed by atoms with van der Waals surface area (Å²) in [6.07, 6.45) is 1.75. The Morgan fingerprint density at radius 1 is 1.03 bits per heavy atom. The largest absolute Gasteiger partial charge is 0.375 e. The van der Waals surface area contributed by atoms with Gasteiger partial charge in [-0.25, -0.2) is 14.4 Å². The van der Waals surface area contributed by atoms with Crippen LogP contribution in [0.15, 0.2) is 60.8 Å². The van der Waals surface area contributed by atoms with Crippen molar-refractivity contribution >= 4 is 40.0 Å². The number of carbonyl (C=O) groups is 2. The number of amides is 2. The summed E-state index contributed by atoms with van der Waals surface area (Å²) in [5.41, 5.74) is 4.35. The Kier molecular flexibility index (Phi) is 6.98. The maximum Gasteiger partial charge on any atom is 0.255 e. The summed E-state index contributed by atoms with van der Waals surface area (Å²) in [5.74, 6) is -0.940. The van der Waals surface area contributed by atoms with Crippen molar-refractivity contribution in [1.29, 1.82) is 0 Å². The standard InChI is InChI=1S/C26H24FN5O3/c1-15-4-5-17(11-20(15)16-6-9-22-18(10-16)13-29-26(28-2)32-22)25(34)30-19-7-8-21(27)23(12-19)31-24(33)14-35-3/h4-13H,14H2,1-3H3,(H,30,34)(H,31,33)(H,28,29,32). The van der Waals surface area contributed by atoms with Crippen molar-refractivity contribution in [2.24, 2.45) is 0 Å². The average molecular weight is 474 g/mol. The lowest BCUT2D eigenvalue weighted by Gasteiger charge is -2.12. The second-order valence-electron chi connectivity index (χ2n) is 7.88. The van der Waals surface area contributed by atoms with Gasteiger partial charge in [0.25, 0.3) is 5.91 Å². The van der Waals surface area contributed by atoms with Gasteiger partial charge < -0.3 is 20.7 Å². The molecule has 2 amide bonds. The van der Waals surface area contributed by atoms with Crippen LogP contribution in [0.25, 0.3) is 22.0 Å². The molecule has 3 N–H and O–H groups in total. The Morgan fingerprint density at radius 3 is 2.63 bits per heavy atom. The molecule has 0 bridgehead atoms. The lowest BCUT2D eigenvalue weighted by atomic mass is 9.97. The smallest absolute Gasteiger partial charge is 0.255 e. The van der Waals surface area contributed by atoms with E-state index in [0.29, 0.717) is 17.2 Å². The number of halogens is 1. The molecule has 0 spiro atoms. The minimum atomic E-state index is -0.618. The predicted molar refractivity (Wildman–Crippen MR) is 134 cm³/mol. The fraction of sp³-hybridized carbons (Fsp3) is 0.154. The molecule has 9 heteroatoms. The van der Waals surface area contributed by atoms with Crippen molar-refractivity contribution in [2.45, 2.75) is 6.92 Å². The summed E-state index contributed by atoms with van der Waals surface area (Å²) in [6, 6.07) is 15.2. The van der Waals surface area contributed by atoms with E-state index in [4.69, 9.17) is 4.74 Å². The summed E-state index contributed by atoms with van der Waals surface area (Å²) in [6.45, 7) is 1.76. The van der Waals surface area contributed by atoms with E-state index >= 15 is 0 Å². The van der Waals surface area contributed by atoms with Gasteiger partial charge in [-0.2, -0.15) is 0 Å². The Hall–Kier alpha value is -4.37. The molecular weight excluding hydrogens is 449 g/mol. The summed E-state index contributed by atoms with van der Waals surface area (Å²) in [5, 5.41) is 8.98. The number of aryl methyl sites for hydroxylation is 1. The maximum absolute atomic E-state index is 14.1. The number of benzene rings is 3. The van der Waals surface area contributed by atoms with Gasteiger partial charge in [0.15, 0.2) is 0 Å². The van der Waals surface area contributed by atoms with E-state index in [0.717, 1.165) is 27.6 Å². The number of hydrogen-bond acceptors (Lipinski definition) is 6. The number of anilines is 3. The fourth-order valence-corrected chi connectivity index (χ4v) is 3.62. The molecule has 0 unspecified atom stereocenters. The highest BCUT2D eigenvalue weighted by atomic mass is 19.1.